The predicted molar refractivity (Wildman–Crippen MR) is 66.9 cm³/mol. The highest BCUT2D eigenvalue weighted by atomic mass is 16.6. The van der Waals surface area contributed by atoms with Crippen molar-refractivity contribution in [3.05, 3.63) is 26.2 Å². The maximum absolute atomic E-state index is 11.6. The van der Waals surface area contributed by atoms with Crippen LogP contribution in [-0.4, -0.2) is 28.0 Å². The van der Waals surface area contributed by atoms with E-state index in [9.17, 15) is 14.9 Å². The fourth-order valence-electron chi connectivity index (χ4n) is 2.15. The van der Waals surface area contributed by atoms with Crippen LogP contribution in [0.15, 0.2) is 4.79 Å². The zero-order valence-corrected chi connectivity index (χ0v) is 10.5. The summed E-state index contributed by atoms with van der Waals surface area (Å²) in [5.74, 6) is 1.11. The number of nitrogens with one attached hydrogen (secondary N) is 1. The number of aromatic amines is 1. The summed E-state index contributed by atoms with van der Waals surface area (Å²) in [6, 6.07) is 0. The molecule has 0 radical (unpaired) electrons. The van der Waals surface area contributed by atoms with Gasteiger partial charge in [0.25, 0.3) is 0 Å². The van der Waals surface area contributed by atoms with E-state index in [-0.39, 0.29) is 5.69 Å². The summed E-state index contributed by atoms with van der Waals surface area (Å²) < 4.78 is 0. The normalized spacial score (nSPS) is 16.9. The first kappa shape index (κ1) is 12.5. The first-order valence-electron chi connectivity index (χ1n) is 5.99. The Bertz CT molecular complexity index is 518. The van der Waals surface area contributed by atoms with Gasteiger partial charge in [-0.25, -0.2) is 4.98 Å². The first-order chi connectivity index (χ1) is 8.49. The fourth-order valence-corrected chi connectivity index (χ4v) is 2.15. The molecule has 7 nitrogen and oxygen atoms in total. The highest BCUT2D eigenvalue weighted by molar-refractivity contribution is 5.39. The van der Waals surface area contributed by atoms with Crippen molar-refractivity contribution in [2.24, 2.45) is 5.92 Å². The third-order valence-corrected chi connectivity index (χ3v) is 3.32. The molecule has 0 saturated carbocycles. The molecule has 2 heterocycles. The molecule has 0 unspecified atom stereocenters. The molecule has 18 heavy (non-hydrogen) atoms. The molecule has 1 aliphatic rings. The van der Waals surface area contributed by atoms with Crippen molar-refractivity contribution in [3.8, 4) is 0 Å². The maximum Gasteiger partial charge on any atom is 0.354 e. The molecule has 0 aliphatic carbocycles. The van der Waals surface area contributed by atoms with E-state index in [1.807, 2.05) is 4.90 Å². The van der Waals surface area contributed by atoms with Crippen LogP contribution in [0.25, 0.3) is 0 Å². The van der Waals surface area contributed by atoms with Crippen molar-refractivity contribution in [2.75, 3.05) is 18.0 Å². The van der Waals surface area contributed by atoms with E-state index in [1.54, 1.807) is 0 Å². The molecule has 1 fully saturated rings. The van der Waals surface area contributed by atoms with E-state index in [4.69, 9.17) is 0 Å². The zero-order valence-electron chi connectivity index (χ0n) is 10.5. The Morgan fingerprint density at radius 3 is 2.56 bits per heavy atom. The summed E-state index contributed by atoms with van der Waals surface area (Å²) in [5.41, 5.74) is -0.984. The number of anilines is 1. The Balaban J connectivity index is 2.31. The van der Waals surface area contributed by atoms with Crippen LogP contribution in [0.3, 0.4) is 0 Å². The topological polar surface area (TPSA) is 92.1 Å². The minimum absolute atomic E-state index is 0.164. The van der Waals surface area contributed by atoms with Crippen molar-refractivity contribution < 1.29 is 4.92 Å². The average Bonchev–Trinajstić information content (AvgIpc) is 2.28. The molecule has 1 aliphatic heterocycles. The first-order valence-corrected chi connectivity index (χ1v) is 5.99. The predicted octanol–water partition coefficient (Wildman–Crippen LogP) is 1.22. The van der Waals surface area contributed by atoms with Gasteiger partial charge in [-0.3, -0.25) is 19.9 Å². The summed E-state index contributed by atoms with van der Waals surface area (Å²) in [5, 5.41) is 10.7. The summed E-state index contributed by atoms with van der Waals surface area (Å²) in [6.07, 6.45) is 2.08. The molecule has 1 aromatic rings. The Kier molecular flexibility index (Phi) is 3.31. The minimum Gasteiger partial charge on any atom is -0.342 e. The van der Waals surface area contributed by atoms with Gasteiger partial charge in [0, 0.05) is 13.1 Å². The van der Waals surface area contributed by atoms with Gasteiger partial charge in [0.05, 0.1) is 4.92 Å². The van der Waals surface area contributed by atoms with Gasteiger partial charge in [-0.05, 0) is 25.7 Å². The van der Waals surface area contributed by atoms with E-state index in [1.165, 1.54) is 6.92 Å². The fraction of sp³-hybridized carbons (Fsp3) is 0.636. The lowest BCUT2D eigenvalue weighted by Gasteiger charge is -2.30. The number of hydrogen-bond acceptors (Lipinski definition) is 5. The maximum atomic E-state index is 11.6. The summed E-state index contributed by atoms with van der Waals surface area (Å²) in [4.78, 5) is 30.3. The lowest BCUT2D eigenvalue weighted by Crippen LogP contribution is -2.35. The van der Waals surface area contributed by atoms with Crippen molar-refractivity contribution in [1.82, 2.24) is 9.97 Å². The molecule has 1 N–H and O–H groups in total. The van der Waals surface area contributed by atoms with Crippen molar-refractivity contribution >= 4 is 11.6 Å². The van der Waals surface area contributed by atoms with Gasteiger partial charge in [0.2, 0.25) is 5.95 Å². The Hall–Kier alpha value is -1.92. The summed E-state index contributed by atoms with van der Waals surface area (Å²) in [7, 11) is 0. The SMILES string of the molecule is Cc1nc(N2CCC(C)CC2)[nH]c(=O)c1[N+](=O)[O-]. The number of nitrogens with zero attached hydrogens (tertiary/aromatic N) is 3. The van der Waals surface area contributed by atoms with E-state index < -0.39 is 16.2 Å². The Morgan fingerprint density at radius 2 is 2.06 bits per heavy atom. The number of hydrogen-bond donors (Lipinski definition) is 1. The van der Waals surface area contributed by atoms with Crippen LogP contribution < -0.4 is 10.5 Å². The smallest absolute Gasteiger partial charge is 0.342 e. The van der Waals surface area contributed by atoms with Gasteiger partial charge in [-0.15, -0.1) is 0 Å². The van der Waals surface area contributed by atoms with Gasteiger partial charge in [-0.1, -0.05) is 6.92 Å². The molecular formula is C11H16N4O3. The third kappa shape index (κ3) is 2.34. The van der Waals surface area contributed by atoms with Crippen LogP contribution >= 0.6 is 0 Å². The lowest BCUT2D eigenvalue weighted by molar-refractivity contribution is -0.387. The van der Waals surface area contributed by atoms with Crippen molar-refractivity contribution in [3.63, 3.8) is 0 Å². The van der Waals surface area contributed by atoms with Gasteiger partial charge in [0.1, 0.15) is 5.69 Å². The highest BCUT2D eigenvalue weighted by Gasteiger charge is 2.23. The second kappa shape index (κ2) is 4.75. The number of piperidine rings is 1. The van der Waals surface area contributed by atoms with Crippen LogP contribution in [0.4, 0.5) is 11.6 Å². The molecule has 0 aromatic carbocycles. The number of aryl methyl sites for hydroxylation is 1. The third-order valence-electron chi connectivity index (χ3n) is 3.32. The van der Waals surface area contributed by atoms with Crippen molar-refractivity contribution in [2.45, 2.75) is 26.7 Å². The molecule has 0 spiro atoms. The minimum atomic E-state index is -0.691. The van der Waals surface area contributed by atoms with Gasteiger partial charge in [0.15, 0.2) is 0 Å². The molecule has 2 rings (SSSR count). The largest absolute Gasteiger partial charge is 0.354 e. The number of H-pyrrole nitrogens is 1. The summed E-state index contributed by atoms with van der Waals surface area (Å²) in [6.45, 7) is 5.32. The number of nitro groups is 1. The molecule has 0 bridgehead atoms. The van der Waals surface area contributed by atoms with E-state index in [0.29, 0.717) is 11.9 Å². The quantitative estimate of drug-likeness (QED) is 0.631. The van der Waals surface area contributed by atoms with E-state index in [2.05, 4.69) is 16.9 Å². The second-order valence-electron chi connectivity index (χ2n) is 4.75. The van der Waals surface area contributed by atoms with Crippen LogP contribution in [0.2, 0.25) is 0 Å². The van der Waals surface area contributed by atoms with Crippen molar-refractivity contribution in [1.29, 1.82) is 0 Å². The highest BCUT2D eigenvalue weighted by Crippen LogP contribution is 2.20. The number of rotatable bonds is 2. The lowest BCUT2D eigenvalue weighted by atomic mass is 10.00. The summed E-state index contributed by atoms with van der Waals surface area (Å²) >= 11 is 0. The van der Waals surface area contributed by atoms with Crippen LogP contribution in [0.1, 0.15) is 25.5 Å². The van der Waals surface area contributed by atoms with Gasteiger partial charge in [-0.2, -0.15) is 0 Å². The standard InChI is InChI=1S/C11H16N4O3/c1-7-3-5-14(6-4-7)11-12-8(2)9(15(17)18)10(16)13-11/h7H,3-6H2,1-2H3,(H,12,13,16). The van der Waals surface area contributed by atoms with Crippen LogP contribution in [0, 0.1) is 23.0 Å². The molecule has 1 aromatic heterocycles. The Morgan fingerprint density at radius 1 is 1.44 bits per heavy atom. The molecule has 1 saturated heterocycles. The zero-order chi connectivity index (χ0) is 13.3. The second-order valence-corrected chi connectivity index (χ2v) is 4.75. The number of aromatic nitrogens is 2. The van der Waals surface area contributed by atoms with E-state index in [0.717, 1.165) is 25.9 Å². The van der Waals surface area contributed by atoms with Gasteiger partial charge < -0.3 is 4.90 Å². The molecule has 98 valence electrons. The molecule has 7 heteroatoms. The average molecular weight is 252 g/mol. The monoisotopic (exact) mass is 252 g/mol. The molecule has 0 amide bonds. The molecular weight excluding hydrogens is 236 g/mol. The van der Waals surface area contributed by atoms with Gasteiger partial charge >= 0.3 is 11.2 Å². The Labute approximate surface area is 104 Å². The van der Waals surface area contributed by atoms with E-state index >= 15 is 0 Å². The van der Waals surface area contributed by atoms with Crippen LogP contribution in [0.5, 0.6) is 0 Å². The molecule has 0 atom stereocenters. The van der Waals surface area contributed by atoms with Crippen LogP contribution in [-0.2, 0) is 0 Å².